The van der Waals surface area contributed by atoms with Gasteiger partial charge in [0.1, 0.15) is 11.8 Å². The largest absolute Gasteiger partial charge is 0.497 e. The Balaban J connectivity index is 1.61. The van der Waals surface area contributed by atoms with E-state index in [1.807, 2.05) is 24.3 Å². The van der Waals surface area contributed by atoms with Crippen LogP contribution in [0.2, 0.25) is 0 Å². The number of rotatable bonds is 4. The van der Waals surface area contributed by atoms with Crippen LogP contribution in [0.5, 0.6) is 5.75 Å². The van der Waals surface area contributed by atoms with Crippen LogP contribution in [0.4, 0.5) is 0 Å². The molecule has 3 atom stereocenters. The number of hydrogen-bond acceptors (Lipinski definition) is 4. The van der Waals surface area contributed by atoms with E-state index < -0.39 is 12.0 Å². The van der Waals surface area contributed by atoms with Crippen molar-refractivity contribution in [3.63, 3.8) is 0 Å². The fraction of sp³-hybridized carbons (Fsp3) is 0.381. The van der Waals surface area contributed by atoms with Gasteiger partial charge < -0.3 is 14.7 Å². The van der Waals surface area contributed by atoms with Gasteiger partial charge in [-0.15, -0.1) is 0 Å². The number of aliphatic carboxylic acids is 1. The average Bonchev–Trinajstić information content (AvgIpc) is 3.28. The van der Waals surface area contributed by atoms with Gasteiger partial charge in [-0.25, -0.2) is 4.79 Å². The van der Waals surface area contributed by atoms with E-state index in [9.17, 15) is 14.7 Å². The average molecular weight is 366 g/mol. The number of aromatic nitrogens is 1. The topological polar surface area (TPSA) is 79.7 Å². The molecule has 0 unspecified atom stereocenters. The third-order valence-electron chi connectivity index (χ3n) is 5.81. The van der Waals surface area contributed by atoms with Crippen molar-refractivity contribution in [1.82, 2.24) is 9.88 Å². The summed E-state index contributed by atoms with van der Waals surface area (Å²) in [6.07, 6.45) is 6.15. The zero-order valence-electron chi connectivity index (χ0n) is 15.2. The van der Waals surface area contributed by atoms with Crippen molar-refractivity contribution in [3.05, 3.63) is 48.3 Å². The highest BCUT2D eigenvalue weighted by atomic mass is 16.5. The molecule has 6 nitrogen and oxygen atoms in total. The summed E-state index contributed by atoms with van der Waals surface area (Å²) in [4.78, 5) is 30.6. The number of likely N-dealkylation sites (tertiary alicyclic amines) is 1. The smallest absolute Gasteiger partial charge is 0.326 e. The lowest BCUT2D eigenvalue weighted by Crippen LogP contribution is -2.43. The lowest BCUT2D eigenvalue weighted by atomic mass is 9.94. The van der Waals surface area contributed by atoms with Crippen LogP contribution < -0.4 is 4.74 Å². The molecule has 6 heteroatoms. The Morgan fingerprint density at radius 2 is 1.93 bits per heavy atom. The van der Waals surface area contributed by atoms with Crippen LogP contribution in [0.15, 0.2) is 42.7 Å². The van der Waals surface area contributed by atoms with Crippen molar-refractivity contribution < 1.29 is 19.4 Å². The van der Waals surface area contributed by atoms with Gasteiger partial charge in [-0.3, -0.25) is 9.78 Å². The SMILES string of the molecule is COc1ccc(-c2cncc(C(=O)N3C[C@@H]4CCC[C@@H]4[C@H]3C(=O)O)c2)cc1. The first-order valence-electron chi connectivity index (χ1n) is 9.21. The lowest BCUT2D eigenvalue weighted by Gasteiger charge is -2.24. The maximum absolute atomic E-state index is 13.1. The fourth-order valence-electron chi connectivity index (χ4n) is 4.49. The summed E-state index contributed by atoms with van der Waals surface area (Å²) in [6, 6.07) is 8.58. The van der Waals surface area contributed by atoms with E-state index in [0.717, 1.165) is 36.1 Å². The lowest BCUT2D eigenvalue weighted by molar-refractivity contribution is -0.142. The summed E-state index contributed by atoms with van der Waals surface area (Å²) < 4.78 is 5.17. The normalized spacial score (nSPS) is 23.9. The fourth-order valence-corrected chi connectivity index (χ4v) is 4.49. The molecule has 1 aliphatic carbocycles. The minimum Gasteiger partial charge on any atom is -0.497 e. The monoisotopic (exact) mass is 366 g/mol. The van der Waals surface area contributed by atoms with Crippen LogP contribution in [0.1, 0.15) is 29.6 Å². The van der Waals surface area contributed by atoms with Crippen molar-refractivity contribution in [2.45, 2.75) is 25.3 Å². The van der Waals surface area contributed by atoms with Crippen molar-refractivity contribution >= 4 is 11.9 Å². The number of methoxy groups -OCH3 is 1. The molecule has 1 aromatic heterocycles. The van der Waals surface area contributed by atoms with Gasteiger partial charge in [-0.2, -0.15) is 0 Å². The van der Waals surface area contributed by atoms with E-state index in [-0.39, 0.29) is 11.8 Å². The van der Waals surface area contributed by atoms with Crippen molar-refractivity contribution in [2.24, 2.45) is 11.8 Å². The summed E-state index contributed by atoms with van der Waals surface area (Å²) in [5.74, 6) is -0.0273. The molecule has 140 valence electrons. The van der Waals surface area contributed by atoms with Crippen molar-refractivity contribution in [3.8, 4) is 16.9 Å². The Bertz CT molecular complexity index is 865. The second-order valence-corrected chi connectivity index (χ2v) is 7.29. The third kappa shape index (κ3) is 3.16. The first-order chi connectivity index (χ1) is 13.1. The van der Waals surface area contributed by atoms with E-state index in [1.165, 1.54) is 11.1 Å². The number of pyridine rings is 1. The van der Waals surface area contributed by atoms with Crippen LogP contribution in [0.25, 0.3) is 11.1 Å². The molecule has 2 fully saturated rings. The summed E-state index contributed by atoms with van der Waals surface area (Å²) in [7, 11) is 1.61. The van der Waals surface area contributed by atoms with E-state index in [2.05, 4.69) is 4.98 Å². The first-order valence-corrected chi connectivity index (χ1v) is 9.21. The number of benzene rings is 1. The molecule has 2 heterocycles. The van der Waals surface area contributed by atoms with Crippen molar-refractivity contribution in [1.29, 1.82) is 0 Å². The van der Waals surface area contributed by atoms with Crippen LogP contribution >= 0.6 is 0 Å². The number of ether oxygens (including phenoxy) is 1. The molecular formula is C21H22N2O4. The van der Waals surface area contributed by atoms with E-state index in [4.69, 9.17) is 4.74 Å². The highest BCUT2D eigenvalue weighted by Crippen LogP contribution is 2.42. The Morgan fingerprint density at radius 3 is 2.63 bits per heavy atom. The summed E-state index contributed by atoms with van der Waals surface area (Å²) in [5.41, 5.74) is 2.16. The molecule has 2 aromatic rings. The summed E-state index contributed by atoms with van der Waals surface area (Å²) in [6.45, 7) is 0.521. The molecule has 1 saturated heterocycles. The highest BCUT2D eigenvalue weighted by Gasteiger charge is 2.49. The molecule has 4 rings (SSSR count). The van der Waals surface area contributed by atoms with Gasteiger partial charge in [-0.1, -0.05) is 18.6 Å². The van der Waals surface area contributed by atoms with Crippen LogP contribution in [-0.2, 0) is 4.79 Å². The molecule has 1 aromatic carbocycles. The standard InChI is InChI=1S/C21H22N2O4/c1-27-17-7-5-13(6-8-17)15-9-16(11-22-10-15)20(24)23-12-14-3-2-4-18(14)19(23)21(25)26/h5-11,14,18-19H,2-4,12H2,1H3,(H,25,26)/t14-,18-,19-/m0/s1. The number of fused-ring (bicyclic) bond motifs is 1. The van der Waals surface area contributed by atoms with Crippen molar-refractivity contribution in [2.75, 3.05) is 13.7 Å². The Morgan fingerprint density at radius 1 is 1.15 bits per heavy atom. The number of nitrogens with zero attached hydrogens (tertiary/aromatic N) is 2. The van der Waals surface area contributed by atoms with Gasteiger partial charge in [0.25, 0.3) is 5.91 Å². The molecule has 0 bridgehead atoms. The number of amides is 1. The van der Waals surface area contributed by atoms with Gasteiger partial charge in [0, 0.05) is 24.5 Å². The van der Waals surface area contributed by atoms with Crippen LogP contribution in [0, 0.1) is 11.8 Å². The van der Waals surface area contributed by atoms with Gasteiger partial charge in [0.05, 0.1) is 12.7 Å². The molecule has 0 radical (unpaired) electrons. The summed E-state index contributed by atoms with van der Waals surface area (Å²) >= 11 is 0. The zero-order valence-corrected chi connectivity index (χ0v) is 15.2. The molecule has 2 aliphatic rings. The Hall–Kier alpha value is -2.89. The number of carbonyl (C=O) groups is 2. The second-order valence-electron chi connectivity index (χ2n) is 7.29. The minimum absolute atomic E-state index is 0.0733. The first kappa shape index (κ1) is 17.5. The minimum atomic E-state index is -0.906. The summed E-state index contributed by atoms with van der Waals surface area (Å²) in [5, 5.41) is 9.69. The zero-order chi connectivity index (χ0) is 19.0. The predicted molar refractivity (Wildman–Crippen MR) is 99.5 cm³/mol. The number of hydrogen-bond donors (Lipinski definition) is 1. The van der Waals surface area contributed by atoms with Gasteiger partial charge >= 0.3 is 5.97 Å². The maximum Gasteiger partial charge on any atom is 0.326 e. The second kappa shape index (κ2) is 7.02. The molecule has 1 N–H and O–H groups in total. The Labute approximate surface area is 157 Å². The number of carboxylic acid groups (broad SMARTS) is 1. The highest BCUT2D eigenvalue weighted by molar-refractivity contribution is 5.97. The number of carbonyl (C=O) groups excluding carboxylic acids is 1. The van der Waals surface area contributed by atoms with Gasteiger partial charge in [0.15, 0.2) is 0 Å². The Kier molecular flexibility index (Phi) is 4.56. The molecule has 1 saturated carbocycles. The molecule has 1 amide bonds. The molecule has 0 spiro atoms. The van der Waals surface area contributed by atoms with Gasteiger partial charge in [0.2, 0.25) is 0 Å². The predicted octanol–water partition coefficient (Wildman–Crippen LogP) is 3.08. The van der Waals surface area contributed by atoms with E-state index >= 15 is 0 Å². The number of carboxylic acids is 1. The quantitative estimate of drug-likeness (QED) is 0.899. The van der Waals surface area contributed by atoms with Crippen LogP contribution in [-0.4, -0.2) is 46.6 Å². The van der Waals surface area contributed by atoms with E-state index in [1.54, 1.807) is 19.4 Å². The molecular weight excluding hydrogens is 344 g/mol. The van der Waals surface area contributed by atoms with Crippen LogP contribution in [0.3, 0.4) is 0 Å². The third-order valence-corrected chi connectivity index (χ3v) is 5.81. The maximum atomic E-state index is 13.1. The van der Waals surface area contributed by atoms with E-state index in [0.29, 0.717) is 18.0 Å². The molecule has 1 aliphatic heterocycles. The van der Waals surface area contributed by atoms with Gasteiger partial charge in [-0.05, 0) is 48.4 Å². The molecule has 27 heavy (non-hydrogen) atoms.